The van der Waals surface area contributed by atoms with Crippen molar-refractivity contribution < 1.29 is 24.3 Å². The fourth-order valence-corrected chi connectivity index (χ4v) is 7.00. The van der Waals surface area contributed by atoms with Gasteiger partial charge in [0.2, 0.25) is 23.6 Å². The molecule has 0 spiro atoms. The number of imide groups is 2. The van der Waals surface area contributed by atoms with Crippen LogP contribution in [0.5, 0.6) is 5.75 Å². The maximum Gasteiger partial charge on any atom is 0.234 e. The first-order valence-electron chi connectivity index (χ1n) is 12.5. The first kappa shape index (κ1) is 23.8. The van der Waals surface area contributed by atoms with Gasteiger partial charge in [-0.2, -0.15) is 0 Å². The van der Waals surface area contributed by atoms with E-state index in [1.165, 1.54) is 9.80 Å². The van der Waals surface area contributed by atoms with E-state index in [0.717, 1.165) is 11.1 Å². The lowest BCUT2D eigenvalue weighted by Gasteiger charge is -2.44. The van der Waals surface area contributed by atoms with Gasteiger partial charge in [0.1, 0.15) is 5.75 Å². The highest BCUT2D eigenvalue weighted by Gasteiger charge is 2.63. The van der Waals surface area contributed by atoms with Crippen molar-refractivity contribution in [3.63, 3.8) is 0 Å². The van der Waals surface area contributed by atoms with Crippen LogP contribution in [-0.4, -0.2) is 49.6 Å². The number of aromatic hydroxyl groups is 1. The van der Waals surface area contributed by atoms with Gasteiger partial charge in [0.15, 0.2) is 0 Å². The largest absolute Gasteiger partial charge is 0.508 e. The lowest BCUT2D eigenvalue weighted by Crippen LogP contribution is -2.47. The molecule has 4 aliphatic rings. The van der Waals surface area contributed by atoms with Crippen molar-refractivity contribution in [1.29, 1.82) is 0 Å². The van der Waals surface area contributed by atoms with Gasteiger partial charge in [-0.05, 0) is 78.0 Å². The minimum atomic E-state index is -0.668. The molecule has 7 heteroatoms. The van der Waals surface area contributed by atoms with Gasteiger partial charge in [-0.1, -0.05) is 23.8 Å². The molecule has 0 radical (unpaired) electrons. The Morgan fingerprint density at radius 1 is 0.771 bits per heavy atom. The van der Waals surface area contributed by atoms with Gasteiger partial charge in [0.25, 0.3) is 0 Å². The van der Waals surface area contributed by atoms with Crippen LogP contribution in [-0.2, 0) is 19.2 Å². The van der Waals surface area contributed by atoms with Crippen LogP contribution < -0.4 is 0 Å². The summed E-state index contributed by atoms with van der Waals surface area (Å²) in [6.07, 6.45) is 2.85. The van der Waals surface area contributed by atoms with Gasteiger partial charge in [0, 0.05) is 17.0 Å². The summed E-state index contributed by atoms with van der Waals surface area (Å²) >= 11 is 0. The third kappa shape index (κ3) is 3.38. The Kier molecular flexibility index (Phi) is 5.10. The number of phenolic OH excluding ortho intramolecular Hbond substituents is 1. The minimum absolute atomic E-state index is 0.0888. The number of benzene rings is 1. The molecule has 0 bridgehead atoms. The molecule has 0 aromatic heterocycles. The molecule has 2 heterocycles. The number of amides is 4. The predicted molar refractivity (Wildman–Crippen MR) is 129 cm³/mol. The zero-order valence-corrected chi connectivity index (χ0v) is 21.2. The lowest BCUT2D eigenvalue weighted by atomic mass is 9.57. The first-order valence-corrected chi connectivity index (χ1v) is 12.5. The fourth-order valence-electron chi connectivity index (χ4n) is 7.00. The van der Waals surface area contributed by atoms with Crippen molar-refractivity contribution in [2.24, 2.45) is 29.6 Å². The Balaban J connectivity index is 1.65. The first-order chi connectivity index (χ1) is 16.2. The second-order valence-electron chi connectivity index (χ2n) is 12.5. The second kappa shape index (κ2) is 7.52. The van der Waals surface area contributed by atoms with E-state index in [2.05, 4.69) is 0 Å². The molecule has 2 saturated heterocycles. The molecule has 186 valence electrons. The molecular weight excluding hydrogens is 444 g/mol. The molecule has 0 unspecified atom stereocenters. The highest BCUT2D eigenvalue weighted by Crippen LogP contribution is 2.58. The molecule has 1 aromatic carbocycles. The number of carbonyl (C=O) groups excluding carboxylic acids is 4. The SMILES string of the molecule is CC(C)(C)N1C(=O)[C@H]2[C@H](CC=C3[C@H]2C[C@H]2C(=O)N(C(C)(C)C)C(=O)[C@H]2[C@H]3c2cccc(O)c2)C1=O. The van der Waals surface area contributed by atoms with Crippen molar-refractivity contribution in [3.8, 4) is 5.75 Å². The summed E-state index contributed by atoms with van der Waals surface area (Å²) in [6.45, 7) is 11.1. The summed E-state index contributed by atoms with van der Waals surface area (Å²) in [5, 5.41) is 10.2. The molecule has 35 heavy (non-hydrogen) atoms. The lowest BCUT2D eigenvalue weighted by molar-refractivity contribution is -0.147. The normalized spacial score (nSPS) is 33.0. The van der Waals surface area contributed by atoms with Crippen molar-refractivity contribution in [3.05, 3.63) is 41.5 Å². The number of rotatable bonds is 1. The Hall–Kier alpha value is -2.96. The Bertz CT molecular complexity index is 1170. The zero-order valence-electron chi connectivity index (χ0n) is 21.2. The van der Waals surface area contributed by atoms with E-state index in [1.54, 1.807) is 18.2 Å². The van der Waals surface area contributed by atoms with Gasteiger partial charge in [-0.25, -0.2) is 0 Å². The van der Waals surface area contributed by atoms with E-state index >= 15 is 0 Å². The Morgan fingerprint density at radius 3 is 1.91 bits per heavy atom. The van der Waals surface area contributed by atoms with E-state index in [-0.39, 0.29) is 35.3 Å². The van der Waals surface area contributed by atoms with Crippen molar-refractivity contribution in [2.75, 3.05) is 0 Å². The van der Waals surface area contributed by atoms with E-state index in [1.807, 2.05) is 53.7 Å². The number of likely N-dealkylation sites (tertiary alicyclic amines) is 2. The highest BCUT2D eigenvalue weighted by atomic mass is 16.3. The van der Waals surface area contributed by atoms with Crippen LogP contribution in [0.3, 0.4) is 0 Å². The topological polar surface area (TPSA) is 95.0 Å². The molecule has 5 rings (SSSR count). The van der Waals surface area contributed by atoms with Gasteiger partial charge in [-0.3, -0.25) is 29.0 Å². The number of carbonyl (C=O) groups is 4. The maximum atomic E-state index is 13.8. The second-order valence-corrected chi connectivity index (χ2v) is 12.5. The van der Waals surface area contributed by atoms with Crippen LogP contribution in [0.1, 0.15) is 65.9 Å². The average molecular weight is 479 g/mol. The summed E-state index contributed by atoms with van der Waals surface area (Å²) in [6, 6.07) is 6.84. The number of hydrogen-bond acceptors (Lipinski definition) is 5. The molecule has 4 amide bonds. The Labute approximate surface area is 206 Å². The quantitative estimate of drug-likeness (QED) is 0.491. The standard InChI is InChI=1S/C28H34N2O5/c1-27(2,3)29-23(32)17-11-10-16-18(21(17)25(29)34)13-19-22(20(16)14-8-7-9-15(31)12-14)26(35)30(24(19)33)28(4,5)6/h7-10,12,17-22,31H,11,13H2,1-6H3/t17-,18+,19+,20-,21-,22+/m0/s1. The molecular formula is C28H34N2O5. The molecule has 1 saturated carbocycles. The third-order valence-electron chi connectivity index (χ3n) is 8.22. The van der Waals surface area contributed by atoms with Gasteiger partial charge in [0.05, 0.1) is 23.7 Å². The summed E-state index contributed by atoms with van der Waals surface area (Å²) in [7, 11) is 0. The van der Waals surface area contributed by atoms with Crippen LogP contribution >= 0.6 is 0 Å². The number of phenols is 1. The average Bonchev–Trinajstić information content (AvgIpc) is 3.15. The fraction of sp³-hybridized carbons (Fsp3) is 0.571. The summed E-state index contributed by atoms with van der Waals surface area (Å²) in [5.41, 5.74) is 0.414. The molecule has 6 atom stereocenters. The number of fused-ring (bicyclic) bond motifs is 4. The molecule has 7 nitrogen and oxygen atoms in total. The van der Waals surface area contributed by atoms with E-state index in [4.69, 9.17) is 0 Å². The van der Waals surface area contributed by atoms with Crippen molar-refractivity contribution in [2.45, 2.75) is 71.4 Å². The van der Waals surface area contributed by atoms with Crippen molar-refractivity contribution in [1.82, 2.24) is 9.80 Å². The summed E-state index contributed by atoms with van der Waals surface area (Å²) < 4.78 is 0. The smallest absolute Gasteiger partial charge is 0.234 e. The highest BCUT2D eigenvalue weighted by molar-refractivity contribution is 6.08. The predicted octanol–water partition coefficient (Wildman–Crippen LogP) is 3.63. The van der Waals surface area contributed by atoms with Crippen LogP contribution in [0.4, 0.5) is 0 Å². The number of allylic oxidation sites excluding steroid dienone is 2. The molecule has 1 N–H and O–H groups in total. The van der Waals surface area contributed by atoms with Crippen LogP contribution in [0, 0.1) is 29.6 Å². The Morgan fingerprint density at radius 2 is 1.34 bits per heavy atom. The van der Waals surface area contributed by atoms with E-state index in [9.17, 15) is 24.3 Å². The molecule has 2 aliphatic heterocycles. The van der Waals surface area contributed by atoms with E-state index in [0.29, 0.717) is 12.8 Å². The summed E-state index contributed by atoms with van der Waals surface area (Å²) in [4.78, 5) is 57.2. The maximum absolute atomic E-state index is 13.8. The van der Waals surface area contributed by atoms with Gasteiger partial charge in [-0.15, -0.1) is 0 Å². The van der Waals surface area contributed by atoms with Crippen LogP contribution in [0.15, 0.2) is 35.9 Å². The molecule has 3 fully saturated rings. The third-order valence-corrected chi connectivity index (χ3v) is 8.22. The minimum Gasteiger partial charge on any atom is -0.508 e. The van der Waals surface area contributed by atoms with Gasteiger partial charge >= 0.3 is 0 Å². The number of nitrogens with zero attached hydrogens (tertiary/aromatic N) is 2. The zero-order chi connectivity index (χ0) is 25.6. The monoisotopic (exact) mass is 478 g/mol. The number of hydrogen-bond donors (Lipinski definition) is 1. The summed E-state index contributed by atoms with van der Waals surface area (Å²) in [5.74, 6) is -3.51. The van der Waals surface area contributed by atoms with Crippen LogP contribution in [0.2, 0.25) is 0 Å². The molecule has 2 aliphatic carbocycles. The van der Waals surface area contributed by atoms with Crippen LogP contribution in [0.25, 0.3) is 0 Å². The van der Waals surface area contributed by atoms with Gasteiger partial charge < -0.3 is 5.11 Å². The molecule has 1 aromatic rings. The van der Waals surface area contributed by atoms with E-state index < -0.39 is 40.7 Å². The van der Waals surface area contributed by atoms with Crippen molar-refractivity contribution >= 4 is 23.6 Å².